The van der Waals surface area contributed by atoms with Gasteiger partial charge < -0.3 is 15.4 Å². The largest absolute Gasteiger partial charge is 0.469 e. The molecule has 1 aliphatic rings. The zero-order valence-corrected chi connectivity index (χ0v) is 14.5. The van der Waals surface area contributed by atoms with Gasteiger partial charge in [0.15, 0.2) is 0 Å². The molecule has 2 rings (SSSR count). The first-order valence-electron chi connectivity index (χ1n) is 7.24. The van der Waals surface area contributed by atoms with Gasteiger partial charge in [-0.15, -0.1) is 0 Å². The van der Waals surface area contributed by atoms with Crippen molar-refractivity contribution in [3.63, 3.8) is 0 Å². The van der Waals surface area contributed by atoms with Gasteiger partial charge in [0.1, 0.15) is 6.04 Å². The molecular formula is C15H17Cl2N3O4. The molecule has 1 atom stereocenters. The summed E-state index contributed by atoms with van der Waals surface area (Å²) in [5.41, 5.74) is 0.316. The Kier molecular flexibility index (Phi) is 6.42. The van der Waals surface area contributed by atoms with Crippen LogP contribution in [0.3, 0.4) is 0 Å². The number of anilines is 1. The normalized spacial score (nSPS) is 18.0. The van der Waals surface area contributed by atoms with Gasteiger partial charge >= 0.3 is 5.97 Å². The third-order valence-electron chi connectivity index (χ3n) is 3.60. The number of methoxy groups -OCH3 is 1. The van der Waals surface area contributed by atoms with Crippen LogP contribution >= 0.6 is 23.2 Å². The summed E-state index contributed by atoms with van der Waals surface area (Å²) in [6, 6.07) is 4.13. The lowest BCUT2D eigenvalue weighted by atomic mass is 10.1. The fourth-order valence-electron chi connectivity index (χ4n) is 2.40. The van der Waals surface area contributed by atoms with Gasteiger partial charge in [-0.25, -0.2) is 0 Å². The van der Waals surface area contributed by atoms with Crippen LogP contribution in [0.5, 0.6) is 0 Å². The number of para-hydroxylation sites is 1. The van der Waals surface area contributed by atoms with Crippen LogP contribution in [0.1, 0.15) is 6.42 Å². The molecule has 2 N–H and O–H groups in total. The molecule has 1 aromatic rings. The van der Waals surface area contributed by atoms with Crippen molar-refractivity contribution in [2.75, 3.05) is 32.1 Å². The summed E-state index contributed by atoms with van der Waals surface area (Å²) in [5.74, 6) is -1.21. The molecule has 24 heavy (non-hydrogen) atoms. The SMILES string of the molecule is COC(=O)C[C@@H]1C(=O)NCCN1CC(=O)Nc1c(Cl)cccc1Cl. The van der Waals surface area contributed by atoms with Crippen molar-refractivity contribution in [3.05, 3.63) is 28.2 Å². The Morgan fingerprint density at radius 1 is 1.38 bits per heavy atom. The van der Waals surface area contributed by atoms with E-state index in [4.69, 9.17) is 23.2 Å². The van der Waals surface area contributed by atoms with E-state index in [9.17, 15) is 14.4 Å². The van der Waals surface area contributed by atoms with Crippen molar-refractivity contribution >= 4 is 46.7 Å². The van der Waals surface area contributed by atoms with Crippen LogP contribution in [0.15, 0.2) is 18.2 Å². The lowest BCUT2D eigenvalue weighted by Crippen LogP contribution is -2.57. The predicted molar refractivity (Wildman–Crippen MR) is 90.1 cm³/mol. The molecule has 0 aliphatic carbocycles. The summed E-state index contributed by atoms with van der Waals surface area (Å²) in [7, 11) is 1.25. The van der Waals surface area contributed by atoms with E-state index in [-0.39, 0.29) is 24.8 Å². The van der Waals surface area contributed by atoms with Gasteiger partial charge in [-0.3, -0.25) is 19.3 Å². The first-order chi connectivity index (χ1) is 11.4. The number of esters is 1. The lowest BCUT2D eigenvalue weighted by Gasteiger charge is -2.33. The molecule has 7 nitrogen and oxygen atoms in total. The second-order valence-corrected chi connectivity index (χ2v) is 6.02. The molecule has 9 heteroatoms. The third-order valence-corrected chi connectivity index (χ3v) is 4.23. The molecule has 1 aromatic carbocycles. The molecule has 1 heterocycles. The minimum atomic E-state index is -0.751. The summed E-state index contributed by atoms with van der Waals surface area (Å²) in [4.78, 5) is 37.3. The maximum absolute atomic E-state index is 12.3. The maximum atomic E-state index is 12.3. The minimum absolute atomic E-state index is 0.0728. The number of benzene rings is 1. The fraction of sp³-hybridized carbons (Fsp3) is 0.400. The summed E-state index contributed by atoms with van der Waals surface area (Å²) in [5, 5.41) is 5.94. The van der Waals surface area contributed by atoms with E-state index in [1.54, 1.807) is 23.1 Å². The fourth-order valence-corrected chi connectivity index (χ4v) is 2.89. The predicted octanol–water partition coefficient (Wildman–Crippen LogP) is 1.30. The minimum Gasteiger partial charge on any atom is -0.469 e. The van der Waals surface area contributed by atoms with Crippen molar-refractivity contribution < 1.29 is 19.1 Å². The average molecular weight is 374 g/mol. The summed E-state index contributed by atoms with van der Waals surface area (Å²) < 4.78 is 4.60. The van der Waals surface area contributed by atoms with Crippen LogP contribution in [-0.2, 0) is 19.1 Å². The number of halogens is 2. The number of hydrogen-bond donors (Lipinski definition) is 2. The van der Waals surface area contributed by atoms with Crippen molar-refractivity contribution in [2.24, 2.45) is 0 Å². The van der Waals surface area contributed by atoms with Crippen LogP contribution in [0.25, 0.3) is 0 Å². The van der Waals surface area contributed by atoms with E-state index >= 15 is 0 Å². The number of carbonyl (C=O) groups excluding carboxylic acids is 3. The molecule has 0 saturated carbocycles. The molecule has 1 aliphatic heterocycles. The highest BCUT2D eigenvalue weighted by Crippen LogP contribution is 2.29. The molecule has 1 fully saturated rings. The Hall–Kier alpha value is -1.83. The molecule has 0 bridgehead atoms. The first kappa shape index (κ1) is 18.5. The highest BCUT2D eigenvalue weighted by Gasteiger charge is 2.33. The van der Waals surface area contributed by atoms with Crippen molar-refractivity contribution in [1.29, 1.82) is 0 Å². The van der Waals surface area contributed by atoms with Gasteiger partial charge in [-0.2, -0.15) is 0 Å². The summed E-state index contributed by atoms with van der Waals surface area (Å²) in [6.07, 6.45) is -0.123. The van der Waals surface area contributed by atoms with E-state index < -0.39 is 12.0 Å². The van der Waals surface area contributed by atoms with Gasteiger partial charge in [0.25, 0.3) is 0 Å². The first-order valence-corrected chi connectivity index (χ1v) is 8.00. The number of ether oxygens (including phenoxy) is 1. The van der Waals surface area contributed by atoms with Crippen LogP contribution in [0, 0.1) is 0 Å². The number of nitrogens with zero attached hydrogens (tertiary/aromatic N) is 1. The van der Waals surface area contributed by atoms with Crippen LogP contribution < -0.4 is 10.6 Å². The Balaban J connectivity index is 2.05. The Bertz CT molecular complexity index is 633. The van der Waals surface area contributed by atoms with Gasteiger partial charge in [0.05, 0.1) is 35.8 Å². The monoisotopic (exact) mass is 373 g/mol. The summed E-state index contributed by atoms with van der Waals surface area (Å²) >= 11 is 12.0. The van der Waals surface area contributed by atoms with Gasteiger partial charge in [-0.1, -0.05) is 29.3 Å². The number of amides is 2. The molecule has 1 saturated heterocycles. The maximum Gasteiger partial charge on any atom is 0.307 e. The van der Waals surface area contributed by atoms with E-state index in [1.165, 1.54) is 7.11 Å². The molecule has 0 unspecified atom stereocenters. The number of hydrogen-bond acceptors (Lipinski definition) is 5. The summed E-state index contributed by atoms with van der Waals surface area (Å²) in [6.45, 7) is 0.768. The Morgan fingerprint density at radius 2 is 2.04 bits per heavy atom. The molecule has 0 spiro atoms. The number of rotatable bonds is 5. The quantitative estimate of drug-likeness (QED) is 0.759. The second-order valence-electron chi connectivity index (χ2n) is 5.20. The zero-order valence-electron chi connectivity index (χ0n) is 13.0. The van der Waals surface area contributed by atoms with Crippen LogP contribution in [-0.4, -0.2) is 55.5 Å². The van der Waals surface area contributed by atoms with Crippen molar-refractivity contribution in [3.8, 4) is 0 Å². The number of carbonyl (C=O) groups is 3. The van der Waals surface area contributed by atoms with Crippen LogP contribution in [0.2, 0.25) is 10.0 Å². The van der Waals surface area contributed by atoms with E-state index in [0.717, 1.165) is 0 Å². The Morgan fingerprint density at radius 3 is 2.67 bits per heavy atom. The smallest absolute Gasteiger partial charge is 0.307 e. The highest BCUT2D eigenvalue weighted by atomic mass is 35.5. The molecule has 0 aromatic heterocycles. The van der Waals surface area contributed by atoms with Crippen molar-refractivity contribution in [2.45, 2.75) is 12.5 Å². The highest BCUT2D eigenvalue weighted by molar-refractivity contribution is 6.39. The topological polar surface area (TPSA) is 87.7 Å². The van der Waals surface area contributed by atoms with Gasteiger partial charge in [0.2, 0.25) is 11.8 Å². The molecular weight excluding hydrogens is 357 g/mol. The lowest BCUT2D eigenvalue weighted by molar-refractivity contribution is -0.146. The molecule has 0 radical (unpaired) electrons. The number of nitrogens with one attached hydrogen (secondary N) is 2. The number of piperazine rings is 1. The van der Waals surface area contributed by atoms with E-state index in [1.807, 2.05) is 0 Å². The molecule has 130 valence electrons. The van der Waals surface area contributed by atoms with E-state index in [2.05, 4.69) is 15.4 Å². The molecule has 2 amide bonds. The average Bonchev–Trinajstić information content (AvgIpc) is 2.54. The Labute approximate surface area is 149 Å². The standard InChI is InChI=1S/C15H17Cl2N3O4/c1-24-13(22)7-11-15(23)18-5-6-20(11)8-12(21)19-14-9(16)3-2-4-10(14)17/h2-4,11H,5-8H2,1H3,(H,18,23)(H,19,21)/t11-/m1/s1. The van der Waals surface area contributed by atoms with Crippen LogP contribution in [0.4, 0.5) is 5.69 Å². The zero-order chi connectivity index (χ0) is 17.7. The van der Waals surface area contributed by atoms with Gasteiger partial charge in [-0.05, 0) is 12.1 Å². The van der Waals surface area contributed by atoms with Gasteiger partial charge in [0, 0.05) is 13.1 Å². The third kappa shape index (κ3) is 4.59. The van der Waals surface area contributed by atoms with E-state index in [0.29, 0.717) is 28.8 Å². The van der Waals surface area contributed by atoms with Crippen molar-refractivity contribution in [1.82, 2.24) is 10.2 Å². The second kappa shape index (κ2) is 8.32.